The van der Waals surface area contributed by atoms with Crippen molar-refractivity contribution < 1.29 is 23.9 Å². The van der Waals surface area contributed by atoms with Crippen LogP contribution in [0.15, 0.2) is 42.5 Å². The number of hydrogen-bond donors (Lipinski definition) is 1. The molecule has 1 N–H and O–H groups in total. The Bertz CT molecular complexity index is 1290. The van der Waals surface area contributed by atoms with Crippen molar-refractivity contribution in [1.29, 1.82) is 0 Å². The molecule has 0 bridgehead atoms. The monoisotopic (exact) mass is 509 g/mol. The molecule has 3 heterocycles. The van der Waals surface area contributed by atoms with E-state index in [0.717, 1.165) is 11.1 Å². The van der Waals surface area contributed by atoms with Gasteiger partial charge in [-0.15, -0.1) is 0 Å². The first-order valence-corrected chi connectivity index (χ1v) is 12.5. The molecule has 3 unspecified atom stereocenters. The maximum absolute atomic E-state index is 13.0. The number of ether oxygens (including phenoxy) is 2. The summed E-state index contributed by atoms with van der Waals surface area (Å²) >= 11 is 0. The van der Waals surface area contributed by atoms with Crippen molar-refractivity contribution in [1.82, 2.24) is 15.1 Å². The number of carbonyl (C=O) groups excluding carboxylic acids is 3. The van der Waals surface area contributed by atoms with Crippen LogP contribution in [0.4, 0.5) is 0 Å². The van der Waals surface area contributed by atoms with E-state index in [0.29, 0.717) is 23.3 Å². The van der Waals surface area contributed by atoms with Crippen molar-refractivity contribution in [3.05, 3.63) is 64.7 Å². The molecule has 3 aliphatic heterocycles. The van der Waals surface area contributed by atoms with Gasteiger partial charge < -0.3 is 19.3 Å². The Morgan fingerprint density at radius 2 is 1.59 bits per heavy atom. The molecule has 2 aromatic rings. The summed E-state index contributed by atoms with van der Waals surface area (Å²) in [5.74, 6) is -0.505. The van der Waals surface area contributed by atoms with Crippen molar-refractivity contribution in [3.63, 3.8) is 0 Å². The van der Waals surface area contributed by atoms with Gasteiger partial charge in [0, 0.05) is 36.1 Å². The third-order valence-corrected chi connectivity index (χ3v) is 7.44. The zero-order valence-electron chi connectivity index (χ0n) is 21.2. The lowest BCUT2D eigenvalue weighted by atomic mass is 9.43. The van der Waals surface area contributed by atoms with Crippen LogP contribution in [-0.2, 0) is 34.0 Å². The van der Waals surface area contributed by atoms with Gasteiger partial charge >= 0.3 is 0 Å². The molecule has 184 valence electrons. The van der Waals surface area contributed by atoms with Gasteiger partial charge in [0.2, 0.25) is 11.8 Å². The topological polar surface area (TPSA) is 88.2 Å². The summed E-state index contributed by atoms with van der Waals surface area (Å²) in [6.45, 7) is 0.613. The second-order valence-electron chi connectivity index (χ2n) is 10.1. The second-order valence-corrected chi connectivity index (χ2v) is 10.1. The largest absolute Gasteiger partial charge is 0.489 e. The summed E-state index contributed by atoms with van der Waals surface area (Å²) in [5.41, 5.74) is 2.84. The zero-order valence-corrected chi connectivity index (χ0v) is 21.2. The van der Waals surface area contributed by atoms with Crippen molar-refractivity contribution in [2.45, 2.75) is 61.3 Å². The minimum Gasteiger partial charge on any atom is -0.489 e. The fourth-order valence-corrected chi connectivity index (χ4v) is 5.07. The predicted molar refractivity (Wildman–Crippen MR) is 147 cm³/mol. The van der Waals surface area contributed by atoms with E-state index in [1.165, 1.54) is 9.80 Å². The molecule has 14 heteroatoms. The molecule has 0 aromatic heterocycles. The Labute approximate surface area is 235 Å². The Morgan fingerprint density at radius 3 is 2.23 bits per heavy atom. The fourth-order valence-electron chi connectivity index (χ4n) is 5.07. The van der Waals surface area contributed by atoms with Crippen LogP contribution in [0.5, 0.6) is 5.75 Å². The van der Waals surface area contributed by atoms with Crippen molar-refractivity contribution in [3.8, 4) is 5.75 Å². The molecule has 3 atom stereocenters. The number of nitrogens with one attached hydrogen (secondary N) is 1. The average Bonchev–Trinajstić information content (AvgIpc) is 3.22. The third-order valence-electron chi connectivity index (χ3n) is 7.44. The molecule has 2 fully saturated rings. The summed E-state index contributed by atoms with van der Waals surface area (Å²) in [7, 11) is 36.5. The number of rotatable bonds is 6. The molecule has 39 heavy (non-hydrogen) atoms. The Kier molecular flexibility index (Phi) is 7.31. The predicted octanol–water partition coefficient (Wildman–Crippen LogP) is -1.17. The van der Waals surface area contributed by atoms with Gasteiger partial charge in [-0.3, -0.25) is 19.7 Å². The number of morpholine rings is 1. The van der Waals surface area contributed by atoms with Crippen LogP contribution in [0.25, 0.3) is 0 Å². The van der Waals surface area contributed by atoms with E-state index >= 15 is 0 Å². The lowest BCUT2D eigenvalue weighted by Gasteiger charge is -2.61. The van der Waals surface area contributed by atoms with E-state index in [1.807, 2.05) is 24.3 Å². The molecular formula is C25H21B6N3O5. The number of carbonyl (C=O) groups is 3. The summed E-state index contributed by atoms with van der Waals surface area (Å²) in [4.78, 5) is 39.8. The first-order valence-electron chi connectivity index (χ1n) is 12.5. The average molecular weight is 508 g/mol. The van der Waals surface area contributed by atoms with E-state index < -0.39 is 34.6 Å². The van der Waals surface area contributed by atoms with Gasteiger partial charge in [-0.2, -0.15) is 0 Å². The van der Waals surface area contributed by atoms with Crippen LogP contribution in [-0.4, -0.2) is 103 Å². The normalized spacial score (nSPS) is 26.2. The Balaban J connectivity index is 1.26. The number of hydrogen-bond acceptors (Lipinski definition) is 6. The fraction of sp³-hybridized carbons (Fsp3) is 0.400. The number of piperidine rings is 1. The van der Waals surface area contributed by atoms with Crippen molar-refractivity contribution >= 4 is 64.8 Å². The van der Waals surface area contributed by atoms with Gasteiger partial charge in [-0.25, -0.2) is 0 Å². The number of imide groups is 1. The van der Waals surface area contributed by atoms with Gasteiger partial charge in [0.25, 0.3) is 5.91 Å². The van der Waals surface area contributed by atoms with Crippen LogP contribution in [0.1, 0.15) is 39.9 Å². The van der Waals surface area contributed by atoms with Crippen LogP contribution in [0.3, 0.4) is 0 Å². The maximum Gasteiger partial charge on any atom is 0.255 e. The first kappa shape index (κ1) is 27.7. The van der Waals surface area contributed by atoms with Gasteiger partial charge in [0.15, 0.2) is 0 Å². The van der Waals surface area contributed by atoms with E-state index in [9.17, 15) is 14.4 Å². The Morgan fingerprint density at radius 1 is 0.949 bits per heavy atom. The van der Waals surface area contributed by atoms with E-state index in [1.54, 1.807) is 18.2 Å². The van der Waals surface area contributed by atoms with Gasteiger partial charge in [-0.05, 0) is 40.4 Å². The zero-order chi connectivity index (χ0) is 28.1. The van der Waals surface area contributed by atoms with Crippen molar-refractivity contribution in [2.24, 2.45) is 0 Å². The molecule has 0 saturated carbocycles. The van der Waals surface area contributed by atoms with Crippen LogP contribution < -0.4 is 10.1 Å². The molecule has 2 saturated heterocycles. The van der Waals surface area contributed by atoms with Gasteiger partial charge in [0.1, 0.15) is 34.1 Å². The highest BCUT2D eigenvalue weighted by Gasteiger charge is 2.47. The molecular weight excluding hydrogens is 487 g/mol. The van der Waals surface area contributed by atoms with E-state index in [2.05, 4.69) is 5.32 Å². The molecule has 5 rings (SSSR count). The number of nitrogens with zero attached hydrogens (tertiary/aromatic N) is 2. The number of fused-ring (bicyclic) bond motifs is 1. The Hall–Kier alpha value is -2.84. The highest BCUT2D eigenvalue weighted by atomic mass is 16.5. The lowest BCUT2D eigenvalue weighted by Crippen LogP contribution is -2.76. The van der Waals surface area contributed by atoms with Crippen LogP contribution >= 0.6 is 0 Å². The molecule has 3 amide bonds. The summed E-state index contributed by atoms with van der Waals surface area (Å²) < 4.78 is 11.4. The van der Waals surface area contributed by atoms with Crippen molar-refractivity contribution in [2.75, 3.05) is 0 Å². The minimum absolute atomic E-state index is 0.163. The first-order chi connectivity index (χ1) is 18.4. The molecule has 0 aliphatic carbocycles. The quantitative estimate of drug-likeness (QED) is 0.391. The molecule has 0 spiro atoms. The number of amides is 3. The maximum atomic E-state index is 13.0. The van der Waals surface area contributed by atoms with E-state index in [-0.39, 0.29) is 37.9 Å². The van der Waals surface area contributed by atoms with Gasteiger partial charge in [-0.1, -0.05) is 30.3 Å². The highest BCUT2D eigenvalue weighted by Crippen LogP contribution is 2.35. The molecule has 8 nitrogen and oxygen atoms in total. The van der Waals surface area contributed by atoms with Crippen LogP contribution in [0, 0.1) is 0 Å². The standard InChI is InChI=1S/C25H21B6N3O5/c26-22-24(28,29)34(25(30,31)23(27)39-22)10-13-4-6-14(7-5-13)12-38-18-3-1-2-15-16(18)11-33(21(15)37)17-8-9-19(35)32-20(17)36/h1-7,17,22-23H,8-12H2,(H,32,35,36). The third kappa shape index (κ3) is 5.09. The molecule has 3 aliphatic rings. The molecule has 2 aromatic carbocycles. The smallest absolute Gasteiger partial charge is 0.255 e. The second kappa shape index (κ2) is 10.3. The SMILES string of the molecule is [B]C1OC([B])C([B])([B])N(Cc2ccc(COc3cccc4c3CN(C3CCC(=O)NC3=O)C4=O)cc2)C1([B])[B]. The lowest BCUT2D eigenvalue weighted by molar-refractivity contribution is -0.136. The number of benzene rings is 2. The summed E-state index contributed by atoms with van der Waals surface area (Å²) in [6, 6.07) is 9.74. The van der Waals surface area contributed by atoms with Crippen LogP contribution in [0.2, 0.25) is 0 Å². The highest BCUT2D eigenvalue weighted by molar-refractivity contribution is 6.48. The summed E-state index contributed by atoms with van der Waals surface area (Å²) in [5, 5.41) is -1.01. The summed E-state index contributed by atoms with van der Waals surface area (Å²) in [6.07, 6.45) is 0.482. The van der Waals surface area contributed by atoms with E-state index in [4.69, 9.17) is 56.6 Å². The molecule has 12 radical (unpaired) electrons. The van der Waals surface area contributed by atoms with Gasteiger partial charge in [0.05, 0.1) is 37.9 Å². The minimum atomic E-state index is -1.66.